The Kier molecular flexibility index (Phi) is 3.16. The Bertz CT molecular complexity index is 720. The average Bonchev–Trinajstić information content (AvgIpc) is 2.83. The maximum atomic E-state index is 9.25. The zero-order chi connectivity index (χ0) is 13.9. The van der Waals surface area contributed by atoms with E-state index in [0.717, 1.165) is 22.5 Å². The molecule has 0 spiro atoms. The Hall–Kier alpha value is -2.69. The van der Waals surface area contributed by atoms with E-state index in [4.69, 9.17) is 4.74 Å². The second-order valence-corrected chi connectivity index (χ2v) is 4.37. The molecule has 0 amide bonds. The van der Waals surface area contributed by atoms with Crippen molar-refractivity contribution in [3.8, 4) is 11.5 Å². The lowest BCUT2D eigenvalue weighted by Crippen LogP contribution is -1.91. The van der Waals surface area contributed by atoms with Crippen molar-refractivity contribution >= 4 is 22.7 Å². The molecule has 0 aliphatic heterocycles. The molecular formula is C15H15N3O2. The maximum absolute atomic E-state index is 9.25. The summed E-state index contributed by atoms with van der Waals surface area (Å²) >= 11 is 0. The molecule has 0 unspecified atom stereocenters. The quantitative estimate of drug-likeness (QED) is 0.635. The number of aromatic hydroxyl groups is 1. The van der Waals surface area contributed by atoms with Gasteiger partial charge in [-0.2, -0.15) is 0 Å². The lowest BCUT2D eigenvalue weighted by atomic mass is 10.3. The Morgan fingerprint density at radius 2 is 2.00 bits per heavy atom. The highest BCUT2D eigenvalue weighted by Gasteiger charge is 2.04. The molecule has 5 nitrogen and oxygen atoms in total. The smallest absolute Gasteiger partial charge is 0.205 e. The van der Waals surface area contributed by atoms with Gasteiger partial charge in [0.25, 0.3) is 0 Å². The van der Waals surface area contributed by atoms with E-state index in [0.29, 0.717) is 12.6 Å². The molecule has 20 heavy (non-hydrogen) atoms. The number of H-pyrrole nitrogens is 1. The van der Waals surface area contributed by atoms with Crippen LogP contribution in [0, 0.1) is 0 Å². The Balaban J connectivity index is 1.86. The Morgan fingerprint density at radius 3 is 2.75 bits per heavy atom. The molecule has 0 atom stereocenters. The third kappa shape index (κ3) is 2.51. The summed E-state index contributed by atoms with van der Waals surface area (Å²) in [7, 11) is 0. The first-order chi connectivity index (χ1) is 9.74. The van der Waals surface area contributed by atoms with E-state index in [1.165, 1.54) is 0 Å². The fourth-order valence-corrected chi connectivity index (χ4v) is 1.99. The lowest BCUT2D eigenvalue weighted by Gasteiger charge is -2.02. The number of imidazole rings is 1. The molecule has 0 saturated heterocycles. The number of nitrogens with one attached hydrogen (secondary N) is 2. The first-order valence-electron chi connectivity index (χ1n) is 6.43. The molecule has 0 radical (unpaired) electrons. The van der Waals surface area contributed by atoms with Gasteiger partial charge in [-0.25, -0.2) is 4.98 Å². The number of phenolic OH excluding ortho intramolecular Hbond substituents is 1. The van der Waals surface area contributed by atoms with E-state index in [1.54, 1.807) is 24.3 Å². The number of benzene rings is 2. The Labute approximate surface area is 116 Å². The van der Waals surface area contributed by atoms with Gasteiger partial charge >= 0.3 is 0 Å². The number of hydrogen-bond donors (Lipinski definition) is 3. The van der Waals surface area contributed by atoms with Gasteiger partial charge in [-0.3, -0.25) is 0 Å². The molecule has 1 heterocycles. The third-order valence-corrected chi connectivity index (χ3v) is 2.89. The summed E-state index contributed by atoms with van der Waals surface area (Å²) < 4.78 is 5.46. The summed E-state index contributed by atoms with van der Waals surface area (Å²) in [6.07, 6.45) is 0. The van der Waals surface area contributed by atoms with Crippen LogP contribution in [-0.2, 0) is 0 Å². The highest BCUT2D eigenvalue weighted by atomic mass is 16.5. The van der Waals surface area contributed by atoms with E-state index in [1.807, 2.05) is 25.1 Å². The van der Waals surface area contributed by atoms with Gasteiger partial charge in [0.1, 0.15) is 11.5 Å². The summed E-state index contributed by atoms with van der Waals surface area (Å²) in [5, 5.41) is 12.4. The van der Waals surface area contributed by atoms with E-state index < -0.39 is 0 Å². The van der Waals surface area contributed by atoms with Crippen molar-refractivity contribution in [3.05, 3.63) is 42.5 Å². The zero-order valence-corrected chi connectivity index (χ0v) is 11.1. The molecule has 0 aliphatic rings. The number of ether oxygens (including phenoxy) is 1. The van der Waals surface area contributed by atoms with E-state index in [2.05, 4.69) is 15.3 Å². The number of aromatic nitrogens is 2. The fraction of sp³-hybridized carbons (Fsp3) is 0.133. The van der Waals surface area contributed by atoms with E-state index in [-0.39, 0.29) is 5.75 Å². The summed E-state index contributed by atoms with van der Waals surface area (Å²) in [4.78, 5) is 7.64. The number of hydrogen-bond acceptors (Lipinski definition) is 4. The van der Waals surface area contributed by atoms with Crippen LogP contribution in [0.4, 0.5) is 11.6 Å². The van der Waals surface area contributed by atoms with Gasteiger partial charge in [-0.15, -0.1) is 0 Å². The molecule has 3 N–H and O–H groups in total. The van der Waals surface area contributed by atoms with E-state index >= 15 is 0 Å². The summed E-state index contributed by atoms with van der Waals surface area (Å²) in [5.41, 5.74) is 2.64. The number of nitrogens with zero attached hydrogens (tertiary/aromatic N) is 1. The molecule has 3 rings (SSSR count). The lowest BCUT2D eigenvalue weighted by molar-refractivity contribution is 0.340. The van der Waals surface area contributed by atoms with Crippen LogP contribution in [0.2, 0.25) is 0 Å². The molecule has 0 aliphatic carbocycles. The molecular weight excluding hydrogens is 254 g/mol. The monoisotopic (exact) mass is 269 g/mol. The first kappa shape index (κ1) is 12.3. The van der Waals surface area contributed by atoms with Crippen molar-refractivity contribution in [1.82, 2.24) is 9.97 Å². The molecule has 0 fully saturated rings. The normalized spacial score (nSPS) is 10.7. The summed E-state index contributed by atoms with van der Waals surface area (Å²) in [6.45, 7) is 2.59. The van der Waals surface area contributed by atoms with Gasteiger partial charge in [-0.05, 0) is 43.3 Å². The largest absolute Gasteiger partial charge is 0.508 e. The van der Waals surface area contributed by atoms with Crippen LogP contribution < -0.4 is 10.1 Å². The van der Waals surface area contributed by atoms with Gasteiger partial charge < -0.3 is 20.1 Å². The standard InChI is InChI=1S/C15H15N3O2/c1-2-20-12-7-8-13-14(9-12)18-15(17-13)16-10-3-5-11(19)6-4-10/h3-9,19H,2H2,1H3,(H2,16,17,18). The van der Waals surface area contributed by atoms with Gasteiger partial charge in [0.05, 0.1) is 17.6 Å². The number of anilines is 2. The van der Waals surface area contributed by atoms with Crippen LogP contribution >= 0.6 is 0 Å². The molecule has 2 aromatic carbocycles. The van der Waals surface area contributed by atoms with Crippen LogP contribution in [-0.4, -0.2) is 21.7 Å². The van der Waals surface area contributed by atoms with Gasteiger partial charge in [0.15, 0.2) is 0 Å². The second-order valence-electron chi connectivity index (χ2n) is 4.37. The predicted octanol–water partition coefficient (Wildman–Crippen LogP) is 3.41. The minimum Gasteiger partial charge on any atom is -0.508 e. The number of aromatic amines is 1. The fourth-order valence-electron chi connectivity index (χ4n) is 1.99. The number of phenols is 1. The number of fused-ring (bicyclic) bond motifs is 1. The van der Waals surface area contributed by atoms with E-state index in [9.17, 15) is 5.11 Å². The van der Waals surface area contributed by atoms with Crippen molar-refractivity contribution < 1.29 is 9.84 Å². The molecule has 1 aromatic heterocycles. The van der Waals surface area contributed by atoms with Crippen LogP contribution in [0.5, 0.6) is 11.5 Å². The van der Waals surface area contributed by atoms with Crippen LogP contribution in [0.15, 0.2) is 42.5 Å². The van der Waals surface area contributed by atoms with Crippen molar-refractivity contribution in [3.63, 3.8) is 0 Å². The van der Waals surface area contributed by atoms with Gasteiger partial charge in [0.2, 0.25) is 5.95 Å². The molecule has 102 valence electrons. The molecule has 0 bridgehead atoms. The molecule has 5 heteroatoms. The molecule has 3 aromatic rings. The minimum absolute atomic E-state index is 0.238. The third-order valence-electron chi connectivity index (χ3n) is 2.89. The van der Waals surface area contributed by atoms with Crippen LogP contribution in [0.25, 0.3) is 11.0 Å². The van der Waals surface area contributed by atoms with Crippen LogP contribution in [0.1, 0.15) is 6.92 Å². The van der Waals surface area contributed by atoms with Crippen LogP contribution in [0.3, 0.4) is 0 Å². The number of rotatable bonds is 4. The topological polar surface area (TPSA) is 70.2 Å². The SMILES string of the molecule is CCOc1ccc2nc(Nc3ccc(O)cc3)[nH]c2c1. The summed E-state index contributed by atoms with van der Waals surface area (Å²) in [5.74, 6) is 1.71. The van der Waals surface area contributed by atoms with Crippen molar-refractivity contribution in [2.45, 2.75) is 6.92 Å². The maximum Gasteiger partial charge on any atom is 0.205 e. The van der Waals surface area contributed by atoms with Gasteiger partial charge in [-0.1, -0.05) is 0 Å². The van der Waals surface area contributed by atoms with Crippen molar-refractivity contribution in [2.75, 3.05) is 11.9 Å². The average molecular weight is 269 g/mol. The predicted molar refractivity (Wildman–Crippen MR) is 78.7 cm³/mol. The highest BCUT2D eigenvalue weighted by molar-refractivity contribution is 5.79. The minimum atomic E-state index is 0.238. The second kappa shape index (κ2) is 5.13. The summed E-state index contributed by atoms with van der Waals surface area (Å²) in [6, 6.07) is 12.6. The van der Waals surface area contributed by atoms with Crippen molar-refractivity contribution in [1.29, 1.82) is 0 Å². The first-order valence-corrected chi connectivity index (χ1v) is 6.43. The Morgan fingerprint density at radius 1 is 1.20 bits per heavy atom. The van der Waals surface area contributed by atoms with Gasteiger partial charge in [0, 0.05) is 11.8 Å². The zero-order valence-electron chi connectivity index (χ0n) is 11.1. The van der Waals surface area contributed by atoms with Crippen molar-refractivity contribution in [2.24, 2.45) is 0 Å². The highest BCUT2D eigenvalue weighted by Crippen LogP contribution is 2.23. The molecule has 0 saturated carbocycles.